The molecule has 0 spiro atoms. The highest BCUT2D eigenvalue weighted by atomic mass is 16.7. The predicted molar refractivity (Wildman–Crippen MR) is 130 cm³/mol. The Kier molecular flexibility index (Phi) is 5.95. The van der Waals surface area contributed by atoms with Crippen LogP contribution >= 0.6 is 0 Å². The van der Waals surface area contributed by atoms with Crippen LogP contribution in [0.5, 0.6) is 0 Å². The van der Waals surface area contributed by atoms with Crippen LogP contribution in [0.4, 0.5) is 0 Å². The van der Waals surface area contributed by atoms with Crippen molar-refractivity contribution in [2.75, 3.05) is 6.61 Å². The molecule has 0 atom stereocenters. The second-order valence-electron chi connectivity index (χ2n) is 10.2. The first-order valence-corrected chi connectivity index (χ1v) is 11.1. The lowest BCUT2D eigenvalue weighted by atomic mass is 9.66. The van der Waals surface area contributed by atoms with Gasteiger partial charge < -0.3 is 18.6 Å². The molecule has 0 unspecified atom stereocenters. The van der Waals surface area contributed by atoms with Crippen molar-refractivity contribution in [1.29, 1.82) is 0 Å². The van der Waals surface area contributed by atoms with Gasteiger partial charge in [0.2, 0.25) is 0 Å². The number of rotatable bonds is 5. The van der Waals surface area contributed by atoms with Crippen molar-refractivity contribution < 1.29 is 18.6 Å². The van der Waals surface area contributed by atoms with Crippen LogP contribution in [0.2, 0.25) is 0 Å². The van der Waals surface area contributed by atoms with Crippen LogP contribution in [0.1, 0.15) is 48.5 Å². The maximum absolute atomic E-state index is 6.46. The molecule has 3 aromatic rings. The van der Waals surface area contributed by atoms with Gasteiger partial charge in [-0.2, -0.15) is 0 Å². The van der Waals surface area contributed by atoms with Gasteiger partial charge in [-0.15, -0.1) is 0 Å². The predicted octanol–water partition coefficient (Wildman–Crippen LogP) is 4.45. The molecule has 1 aliphatic heterocycles. The topological polar surface area (TPSA) is 36.9 Å². The Morgan fingerprint density at radius 2 is 1.45 bits per heavy atom. The highest BCUT2D eigenvalue weighted by Crippen LogP contribution is 2.27. The first-order chi connectivity index (χ1) is 14.6. The summed E-state index contributed by atoms with van der Waals surface area (Å²) in [6, 6.07) is 16.8. The van der Waals surface area contributed by atoms with Crippen molar-refractivity contribution in [2.45, 2.75) is 65.8 Å². The van der Waals surface area contributed by atoms with E-state index in [0.717, 1.165) is 32.5 Å². The molecule has 4 rings (SSSR count). The van der Waals surface area contributed by atoms with E-state index in [4.69, 9.17) is 18.6 Å². The molecule has 0 bridgehead atoms. The molecule has 0 N–H and O–H groups in total. The molecule has 4 nitrogen and oxygen atoms in total. The van der Waals surface area contributed by atoms with E-state index in [9.17, 15) is 0 Å². The molecule has 0 aromatic heterocycles. The first kappa shape index (κ1) is 22.3. The van der Waals surface area contributed by atoms with Gasteiger partial charge in [-0.25, -0.2) is 0 Å². The van der Waals surface area contributed by atoms with E-state index in [1.807, 2.05) is 13.8 Å². The summed E-state index contributed by atoms with van der Waals surface area (Å²) in [5.74, 6) is 0. The van der Waals surface area contributed by atoms with Crippen LogP contribution in [0, 0.1) is 0 Å². The van der Waals surface area contributed by atoms with Gasteiger partial charge in [0, 0.05) is 11.7 Å². The van der Waals surface area contributed by atoms with Gasteiger partial charge in [0.05, 0.1) is 12.2 Å². The highest BCUT2D eigenvalue weighted by Gasteiger charge is 2.41. The zero-order valence-corrected chi connectivity index (χ0v) is 19.7. The Morgan fingerprint density at radius 3 is 1.87 bits per heavy atom. The SMILES string of the molecule is CC(C)OB(OC(C)(C)C)c1c2ccccc2c(B2OCC(C)(C)O2)c2ccccc12. The summed E-state index contributed by atoms with van der Waals surface area (Å²) < 4.78 is 25.3. The summed E-state index contributed by atoms with van der Waals surface area (Å²) in [4.78, 5) is 0. The van der Waals surface area contributed by atoms with Gasteiger partial charge in [-0.1, -0.05) is 48.5 Å². The number of fused-ring (bicyclic) bond motifs is 2. The van der Waals surface area contributed by atoms with Gasteiger partial charge in [-0.3, -0.25) is 0 Å². The smallest absolute Gasteiger partial charge is 0.405 e. The molecule has 1 fully saturated rings. The summed E-state index contributed by atoms with van der Waals surface area (Å²) >= 11 is 0. The minimum atomic E-state index is -0.495. The third-order valence-corrected chi connectivity index (χ3v) is 5.35. The fourth-order valence-corrected chi connectivity index (χ4v) is 4.20. The fraction of sp³-hybridized carbons (Fsp3) is 0.440. The van der Waals surface area contributed by atoms with Gasteiger partial charge >= 0.3 is 14.2 Å². The van der Waals surface area contributed by atoms with Gasteiger partial charge in [0.15, 0.2) is 0 Å². The quantitative estimate of drug-likeness (QED) is 0.454. The maximum Gasteiger partial charge on any atom is 0.495 e. The van der Waals surface area contributed by atoms with Crippen molar-refractivity contribution in [2.24, 2.45) is 0 Å². The lowest BCUT2D eigenvalue weighted by molar-refractivity contribution is 0.0760. The van der Waals surface area contributed by atoms with E-state index in [1.165, 1.54) is 0 Å². The standard InChI is InChI=1S/C25H32B2O4/c1-17(2)29-27(30-24(3,4)5)23-20-14-10-8-12-18(20)22(19-13-9-11-15-21(19)23)26-28-16-25(6,7)31-26/h8-15,17H,16H2,1-7H3. The molecule has 6 heteroatoms. The van der Waals surface area contributed by atoms with E-state index in [-0.39, 0.29) is 17.3 Å². The van der Waals surface area contributed by atoms with E-state index in [0.29, 0.717) is 6.61 Å². The van der Waals surface area contributed by atoms with Crippen molar-refractivity contribution in [3.63, 3.8) is 0 Å². The number of hydrogen-bond acceptors (Lipinski definition) is 4. The molecule has 162 valence electrons. The van der Waals surface area contributed by atoms with Crippen molar-refractivity contribution in [1.82, 2.24) is 0 Å². The Labute approximate surface area is 186 Å². The van der Waals surface area contributed by atoms with Crippen molar-refractivity contribution in [3.8, 4) is 0 Å². The zero-order chi connectivity index (χ0) is 22.4. The summed E-state index contributed by atoms with van der Waals surface area (Å²) in [5.41, 5.74) is 1.45. The molecule has 0 saturated carbocycles. The lowest BCUT2D eigenvalue weighted by Crippen LogP contribution is -2.46. The largest absolute Gasteiger partial charge is 0.495 e. The van der Waals surface area contributed by atoms with E-state index >= 15 is 0 Å². The average Bonchev–Trinajstić information content (AvgIpc) is 3.03. The summed E-state index contributed by atoms with van der Waals surface area (Å²) in [5, 5.41) is 4.41. The van der Waals surface area contributed by atoms with Gasteiger partial charge in [0.25, 0.3) is 0 Å². The Hall–Kier alpha value is -1.85. The molecular weight excluding hydrogens is 386 g/mol. The Morgan fingerprint density at radius 1 is 0.935 bits per heavy atom. The Bertz CT molecular complexity index is 1030. The van der Waals surface area contributed by atoms with E-state index < -0.39 is 14.2 Å². The van der Waals surface area contributed by atoms with Crippen molar-refractivity contribution in [3.05, 3.63) is 48.5 Å². The van der Waals surface area contributed by atoms with Gasteiger partial charge in [-0.05, 0) is 80.9 Å². The van der Waals surface area contributed by atoms with Crippen molar-refractivity contribution >= 4 is 46.7 Å². The van der Waals surface area contributed by atoms with Crippen LogP contribution in [0.3, 0.4) is 0 Å². The second kappa shape index (κ2) is 8.25. The summed E-state index contributed by atoms with van der Waals surface area (Å²) in [6.45, 7) is 15.0. The molecule has 0 radical (unpaired) electrons. The van der Waals surface area contributed by atoms with Crippen LogP contribution in [0.15, 0.2) is 48.5 Å². The molecule has 1 saturated heterocycles. The third-order valence-electron chi connectivity index (χ3n) is 5.35. The second-order valence-corrected chi connectivity index (χ2v) is 10.2. The monoisotopic (exact) mass is 418 g/mol. The molecule has 0 aliphatic carbocycles. The normalized spacial score (nSPS) is 16.6. The average molecular weight is 418 g/mol. The van der Waals surface area contributed by atoms with Crippen LogP contribution in [0.25, 0.3) is 21.5 Å². The summed E-state index contributed by atoms with van der Waals surface area (Å²) in [6.07, 6.45) is 0.0202. The maximum atomic E-state index is 6.46. The number of benzene rings is 3. The van der Waals surface area contributed by atoms with E-state index in [1.54, 1.807) is 0 Å². The fourth-order valence-electron chi connectivity index (χ4n) is 4.20. The lowest BCUT2D eigenvalue weighted by Gasteiger charge is -2.29. The molecular formula is C25H32B2O4. The summed E-state index contributed by atoms with van der Waals surface area (Å²) in [7, 11) is -0.905. The minimum absolute atomic E-state index is 0.0202. The number of hydrogen-bond donors (Lipinski definition) is 0. The van der Waals surface area contributed by atoms with Crippen LogP contribution in [-0.4, -0.2) is 38.1 Å². The molecule has 1 aliphatic rings. The molecule has 0 amide bonds. The van der Waals surface area contributed by atoms with E-state index in [2.05, 4.69) is 83.1 Å². The van der Waals surface area contributed by atoms with Crippen LogP contribution in [-0.2, 0) is 18.6 Å². The molecule has 3 aromatic carbocycles. The molecule has 1 heterocycles. The molecule has 31 heavy (non-hydrogen) atoms. The Balaban J connectivity index is 2.01. The van der Waals surface area contributed by atoms with Crippen LogP contribution < -0.4 is 10.9 Å². The first-order valence-electron chi connectivity index (χ1n) is 11.1. The highest BCUT2D eigenvalue weighted by molar-refractivity contribution is 6.73. The zero-order valence-electron chi connectivity index (χ0n) is 19.7. The van der Waals surface area contributed by atoms with Gasteiger partial charge in [0.1, 0.15) is 0 Å². The third kappa shape index (κ3) is 4.68. The minimum Gasteiger partial charge on any atom is -0.405 e.